The molecule has 112 valence electrons. The van der Waals surface area contributed by atoms with Crippen LogP contribution >= 0.6 is 24.4 Å². The van der Waals surface area contributed by atoms with Crippen molar-refractivity contribution >= 4 is 30.1 Å². The third kappa shape index (κ3) is 4.79. The summed E-state index contributed by atoms with van der Waals surface area (Å²) in [5, 5.41) is 0. The summed E-state index contributed by atoms with van der Waals surface area (Å²) < 4.78 is 37.2. The number of rotatable bonds is 4. The van der Waals surface area contributed by atoms with Crippen molar-refractivity contribution in [2.75, 3.05) is 43.4 Å². The van der Waals surface area contributed by atoms with Crippen molar-refractivity contribution in [3.05, 3.63) is 24.3 Å². The summed E-state index contributed by atoms with van der Waals surface area (Å²) in [4.78, 5) is 4.69. The minimum absolute atomic E-state index is 0.0596. The highest BCUT2D eigenvalue weighted by Crippen LogP contribution is 2.38. The van der Waals surface area contributed by atoms with Gasteiger partial charge in [-0.3, -0.25) is 4.90 Å². The van der Waals surface area contributed by atoms with Crippen molar-refractivity contribution in [1.82, 2.24) is 4.90 Å². The maximum atomic E-state index is 12.4. The number of hydrogen-bond acceptors (Lipinski definition) is 4. The van der Waals surface area contributed by atoms with E-state index in [1.807, 2.05) is 6.07 Å². The molecule has 1 aliphatic heterocycles. The average Bonchev–Trinajstić information content (AvgIpc) is 2.38. The van der Waals surface area contributed by atoms with Crippen LogP contribution in [0.15, 0.2) is 29.2 Å². The van der Waals surface area contributed by atoms with Gasteiger partial charge in [0.15, 0.2) is 0 Å². The zero-order valence-corrected chi connectivity index (χ0v) is 12.6. The van der Waals surface area contributed by atoms with Gasteiger partial charge in [0.05, 0.1) is 0 Å². The van der Waals surface area contributed by atoms with Crippen molar-refractivity contribution in [2.45, 2.75) is 10.4 Å². The highest BCUT2D eigenvalue weighted by molar-refractivity contribution is 8.00. The van der Waals surface area contributed by atoms with E-state index in [0.29, 0.717) is 0 Å². The van der Waals surface area contributed by atoms with Gasteiger partial charge in [-0.05, 0) is 30.0 Å². The molecule has 1 aromatic rings. The van der Waals surface area contributed by atoms with Crippen LogP contribution in [0, 0.1) is 0 Å². The molecule has 1 aliphatic rings. The van der Waals surface area contributed by atoms with Crippen molar-refractivity contribution in [3.8, 4) is 0 Å². The molecule has 0 N–H and O–H groups in total. The Morgan fingerprint density at radius 2 is 1.85 bits per heavy atom. The Balaban J connectivity index is 1.98. The normalized spacial score (nSPS) is 17.5. The first-order valence-corrected chi connectivity index (χ1v) is 7.87. The first-order chi connectivity index (χ1) is 9.48. The van der Waals surface area contributed by atoms with Gasteiger partial charge >= 0.3 is 5.51 Å². The molecule has 1 heterocycles. The number of thiol groups is 1. The zero-order chi connectivity index (χ0) is 14.6. The molecular weight excluding hydrogens is 305 g/mol. The summed E-state index contributed by atoms with van der Waals surface area (Å²) in [5.41, 5.74) is -3.37. The fourth-order valence-electron chi connectivity index (χ4n) is 2.25. The summed E-state index contributed by atoms with van der Waals surface area (Å²) in [7, 11) is 0. The Kier molecular flexibility index (Phi) is 5.51. The smallest absolute Gasteiger partial charge is 0.369 e. The van der Waals surface area contributed by atoms with Crippen molar-refractivity contribution < 1.29 is 13.2 Å². The van der Waals surface area contributed by atoms with Crippen LogP contribution < -0.4 is 4.90 Å². The topological polar surface area (TPSA) is 6.48 Å². The molecule has 0 spiro atoms. The van der Waals surface area contributed by atoms with E-state index in [1.165, 1.54) is 6.07 Å². The van der Waals surface area contributed by atoms with Gasteiger partial charge in [-0.2, -0.15) is 25.8 Å². The summed E-state index contributed by atoms with van der Waals surface area (Å²) in [6.07, 6.45) is 0. The van der Waals surface area contributed by atoms with Crippen LogP contribution in [0.25, 0.3) is 0 Å². The standard InChI is InChI=1S/C13H17F3N2S2/c14-13(15,16)20-12-3-1-2-11(10-12)18-6-4-17(5-7-18)8-9-19/h1-3,10,19H,4-9H2. The van der Waals surface area contributed by atoms with E-state index in [1.54, 1.807) is 12.1 Å². The van der Waals surface area contributed by atoms with Crippen LogP contribution in [0.1, 0.15) is 0 Å². The van der Waals surface area contributed by atoms with Gasteiger partial charge in [-0.15, -0.1) is 0 Å². The van der Waals surface area contributed by atoms with Crippen LogP contribution in [0.2, 0.25) is 0 Å². The zero-order valence-electron chi connectivity index (χ0n) is 10.9. The van der Waals surface area contributed by atoms with E-state index < -0.39 is 5.51 Å². The van der Waals surface area contributed by atoms with Crippen molar-refractivity contribution in [1.29, 1.82) is 0 Å². The molecule has 0 radical (unpaired) electrons. The van der Waals surface area contributed by atoms with E-state index in [2.05, 4.69) is 22.4 Å². The number of halogens is 3. The van der Waals surface area contributed by atoms with Crippen LogP contribution in [-0.2, 0) is 0 Å². The Hall–Kier alpha value is -0.530. The first kappa shape index (κ1) is 15.9. The van der Waals surface area contributed by atoms with E-state index in [0.717, 1.165) is 44.2 Å². The average molecular weight is 322 g/mol. The fraction of sp³-hybridized carbons (Fsp3) is 0.538. The van der Waals surface area contributed by atoms with Crippen molar-refractivity contribution in [2.24, 2.45) is 0 Å². The molecule has 0 unspecified atom stereocenters. The lowest BCUT2D eigenvalue weighted by atomic mass is 10.2. The molecule has 1 saturated heterocycles. The van der Waals surface area contributed by atoms with Gasteiger partial charge < -0.3 is 4.90 Å². The Morgan fingerprint density at radius 1 is 1.15 bits per heavy atom. The van der Waals surface area contributed by atoms with Crippen LogP contribution in [0.3, 0.4) is 0 Å². The van der Waals surface area contributed by atoms with Gasteiger partial charge in [-0.1, -0.05) is 6.07 Å². The lowest BCUT2D eigenvalue weighted by Crippen LogP contribution is -2.46. The summed E-state index contributed by atoms with van der Waals surface area (Å²) >= 11 is 4.15. The predicted molar refractivity (Wildman–Crippen MR) is 80.9 cm³/mol. The van der Waals surface area contributed by atoms with Gasteiger partial charge in [0.2, 0.25) is 0 Å². The maximum absolute atomic E-state index is 12.4. The quantitative estimate of drug-likeness (QED) is 0.671. The first-order valence-electron chi connectivity index (χ1n) is 6.42. The molecule has 0 bridgehead atoms. The molecule has 0 amide bonds. The van der Waals surface area contributed by atoms with E-state index in [4.69, 9.17) is 0 Å². The molecule has 0 aliphatic carbocycles. The molecule has 2 nitrogen and oxygen atoms in total. The predicted octanol–water partition coefficient (Wildman–Crippen LogP) is 3.35. The second kappa shape index (κ2) is 6.95. The summed E-state index contributed by atoms with van der Waals surface area (Å²) in [6.45, 7) is 4.50. The Morgan fingerprint density at radius 3 is 2.45 bits per heavy atom. The van der Waals surface area contributed by atoms with E-state index in [9.17, 15) is 13.2 Å². The minimum Gasteiger partial charge on any atom is -0.369 e. The van der Waals surface area contributed by atoms with Gasteiger partial charge in [0, 0.05) is 49.1 Å². The van der Waals surface area contributed by atoms with Crippen LogP contribution in [-0.4, -0.2) is 48.9 Å². The van der Waals surface area contributed by atoms with Crippen LogP contribution in [0.5, 0.6) is 0 Å². The van der Waals surface area contributed by atoms with E-state index >= 15 is 0 Å². The van der Waals surface area contributed by atoms with Crippen molar-refractivity contribution in [3.63, 3.8) is 0 Å². The van der Waals surface area contributed by atoms with E-state index in [-0.39, 0.29) is 16.7 Å². The maximum Gasteiger partial charge on any atom is 0.446 e. The molecule has 0 aromatic heterocycles. The minimum atomic E-state index is -4.23. The molecule has 7 heteroatoms. The highest BCUT2D eigenvalue weighted by atomic mass is 32.2. The molecule has 2 rings (SSSR count). The number of thioether (sulfide) groups is 1. The number of alkyl halides is 3. The molecule has 0 atom stereocenters. The molecule has 0 saturated carbocycles. The third-order valence-electron chi connectivity index (χ3n) is 3.20. The Bertz CT molecular complexity index is 432. The second-order valence-corrected chi connectivity index (χ2v) is 6.18. The SMILES string of the molecule is FC(F)(F)Sc1cccc(N2CCN(CCS)CC2)c1. The fourth-order valence-corrected chi connectivity index (χ4v) is 3.12. The lowest BCUT2D eigenvalue weighted by molar-refractivity contribution is -0.0328. The number of piperazine rings is 1. The van der Waals surface area contributed by atoms with Gasteiger partial charge in [-0.25, -0.2) is 0 Å². The van der Waals surface area contributed by atoms with Gasteiger partial charge in [0.25, 0.3) is 0 Å². The number of anilines is 1. The molecule has 1 fully saturated rings. The Labute approximate surface area is 126 Å². The number of benzene rings is 1. The molecule has 1 aromatic carbocycles. The lowest BCUT2D eigenvalue weighted by Gasteiger charge is -2.36. The van der Waals surface area contributed by atoms with Crippen LogP contribution in [0.4, 0.5) is 18.9 Å². The summed E-state index contributed by atoms with van der Waals surface area (Å²) in [6, 6.07) is 6.67. The number of hydrogen-bond donors (Lipinski definition) is 1. The second-order valence-electron chi connectivity index (χ2n) is 4.60. The molecule has 20 heavy (non-hydrogen) atoms. The highest BCUT2D eigenvalue weighted by Gasteiger charge is 2.29. The van der Waals surface area contributed by atoms with Gasteiger partial charge in [0.1, 0.15) is 0 Å². The number of nitrogens with zero attached hydrogens (tertiary/aromatic N) is 2. The monoisotopic (exact) mass is 322 g/mol. The largest absolute Gasteiger partial charge is 0.446 e. The third-order valence-corrected chi connectivity index (χ3v) is 4.13. The molecular formula is C13H17F3N2S2. The summed E-state index contributed by atoms with van der Waals surface area (Å²) in [5.74, 6) is 0.831.